The lowest BCUT2D eigenvalue weighted by molar-refractivity contribution is -0.122. The van der Waals surface area contributed by atoms with Gasteiger partial charge < -0.3 is 15.0 Å². The topological polar surface area (TPSA) is 58.6 Å². The first-order valence-corrected chi connectivity index (χ1v) is 9.26. The SMILES string of the molecule is CC(Oc1cccc(Cl)c1Cl)C(=O)Nc1cccc(SC(=O)N(C)C)c1. The van der Waals surface area contributed by atoms with Crippen LogP contribution in [-0.2, 0) is 4.79 Å². The zero-order chi connectivity index (χ0) is 19.3. The Morgan fingerprint density at radius 3 is 2.54 bits per heavy atom. The van der Waals surface area contributed by atoms with E-state index in [2.05, 4.69) is 5.32 Å². The van der Waals surface area contributed by atoms with Gasteiger partial charge in [0.2, 0.25) is 0 Å². The number of nitrogens with zero attached hydrogens (tertiary/aromatic N) is 1. The molecule has 1 N–H and O–H groups in total. The van der Waals surface area contributed by atoms with Crippen molar-refractivity contribution in [3.8, 4) is 5.75 Å². The van der Waals surface area contributed by atoms with Gasteiger partial charge in [0, 0.05) is 24.7 Å². The third-order valence-electron chi connectivity index (χ3n) is 3.26. The number of carbonyl (C=O) groups excluding carboxylic acids is 2. The van der Waals surface area contributed by atoms with Crippen molar-refractivity contribution in [2.75, 3.05) is 19.4 Å². The van der Waals surface area contributed by atoms with Crippen molar-refractivity contribution in [2.45, 2.75) is 17.9 Å². The Morgan fingerprint density at radius 2 is 1.85 bits per heavy atom. The number of hydrogen-bond donors (Lipinski definition) is 1. The number of benzene rings is 2. The average Bonchev–Trinajstić information content (AvgIpc) is 2.59. The van der Waals surface area contributed by atoms with Crippen LogP contribution in [0.2, 0.25) is 10.0 Å². The second-order valence-corrected chi connectivity index (χ2v) is 7.40. The average molecular weight is 413 g/mol. The Bertz CT molecular complexity index is 815. The summed E-state index contributed by atoms with van der Waals surface area (Å²) < 4.78 is 5.59. The highest BCUT2D eigenvalue weighted by Crippen LogP contribution is 2.32. The molecule has 8 heteroatoms. The van der Waals surface area contributed by atoms with Gasteiger partial charge in [0.25, 0.3) is 11.1 Å². The molecule has 138 valence electrons. The van der Waals surface area contributed by atoms with Crippen LogP contribution in [0.3, 0.4) is 0 Å². The smallest absolute Gasteiger partial charge is 0.285 e. The lowest BCUT2D eigenvalue weighted by Crippen LogP contribution is -2.30. The highest BCUT2D eigenvalue weighted by Gasteiger charge is 2.17. The van der Waals surface area contributed by atoms with Gasteiger partial charge in [-0.3, -0.25) is 9.59 Å². The van der Waals surface area contributed by atoms with Crippen LogP contribution in [-0.4, -0.2) is 36.2 Å². The molecule has 0 saturated heterocycles. The molecule has 2 amide bonds. The number of thioether (sulfide) groups is 1. The van der Waals surface area contributed by atoms with Crippen LogP contribution >= 0.6 is 35.0 Å². The second-order valence-electron chi connectivity index (χ2n) is 5.59. The molecule has 0 radical (unpaired) electrons. The summed E-state index contributed by atoms with van der Waals surface area (Å²) in [6.45, 7) is 1.61. The molecular formula is C18H18Cl2N2O3S. The molecule has 0 aromatic heterocycles. The lowest BCUT2D eigenvalue weighted by Gasteiger charge is -2.16. The van der Waals surface area contributed by atoms with Gasteiger partial charge >= 0.3 is 0 Å². The number of amides is 2. The number of halogens is 2. The first-order valence-electron chi connectivity index (χ1n) is 7.68. The third kappa shape index (κ3) is 5.56. The third-order valence-corrected chi connectivity index (χ3v) is 5.09. The van der Waals surface area contributed by atoms with Gasteiger partial charge in [0.15, 0.2) is 6.10 Å². The van der Waals surface area contributed by atoms with Crippen molar-refractivity contribution >= 4 is 51.8 Å². The summed E-state index contributed by atoms with van der Waals surface area (Å²) in [5.74, 6) is -0.00942. The molecule has 2 rings (SSSR count). The largest absolute Gasteiger partial charge is 0.479 e. The number of hydrogen-bond acceptors (Lipinski definition) is 4. The fourth-order valence-electron chi connectivity index (χ4n) is 1.89. The van der Waals surface area contributed by atoms with Crippen molar-refractivity contribution in [1.29, 1.82) is 0 Å². The summed E-state index contributed by atoms with van der Waals surface area (Å²) >= 11 is 13.1. The van der Waals surface area contributed by atoms with Crippen LogP contribution in [0.1, 0.15) is 6.92 Å². The fraction of sp³-hybridized carbons (Fsp3) is 0.222. The first kappa shape index (κ1) is 20.4. The van der Waals surface area contributed by atoms with E-state index in [4.69, 9.17) is 27.9 Å². The molecule has 0 saturated carbocycles. The van der Waals surface area contributed by atoms with Crippen LogP contribution in [0.25, 0.3) is 0 Å². The summed E-state index contributed by atoms with van der Waals surface area (Å²) in [5.41, 5.74) is 0.569. The van der Waals surface area contributed by atoms with E-state index in [1.165, 1.54) is 4.90 Å². The number of nitrogens with one attached hydrogen (secondary N) is 1. The van der Waals surface area contributed by atoms with Crippen molar-refractivity contribution in [2.24, 2.45) is 0 Å². The molecule has 0 heterocycles. The Balaban J connectivity index is 2.02. The summed E-state index contributed by atoms with van der Waals surface area (Å²) in [6, 6.07) is 12.0. The van der Waals surface area contributed by atoms with Crippen molar-refractivity contribution < 1.29 is 14.3 Å². The Hall–Kier alpha value is -1.89. The van der Waals surface area contributed by atoms with E-state index in [9.17, 15) is 9.59 Å². The Morgan fingerprint density at radius 1 is 1.15 bits per heavy atom. The predicted octanol–water partition coefficient (Wildman–Crippen LogP) is 5.17. The Kier molecular flexibility index (Phi) is 7.20. The van der Waals surface area contributed by atoms with E-state index in [0.29, 0.717) is 16.5 Å². The standard InChI is InChI=1S/C18H18Cl2N2O3S/c1-11(25-15-9-5-8-14(19)16(15)20)17(23)21-12-6-4-7-13(10-12)26-18(24)22(2)3/h4-11H,1-3H3,(H,21,23). The monoisotopic (exact) mass is 412 g/mol. The van der Waals surface area contributed by atoms with E-state index in [1.54, 1.807) is 63.5 Å². The van der Waals surface area contributed by atoms with Crippen molar-refractivity contribution in [1.82, 2.24) is 4.90 Å². The van der Waals surface area contributed by atoms with Crippen LogP contribution in [0.15, 0.2) is 47.4 Å². The molecule has 0 aliphatic heterocycles. The predicted molar refractivity (Wildman–Crippen MR) is 107 cm³/mol. The highest BCUT2D eigenvalue weighted by atomic mass is 35.5. The zero-order valence-corrected chi connectivity index (χ0v) is 16.8. The van der Waals surface area contributed by atoms with Gasteiger partial charge in [-0.2, -0.15) is 0 Å². The Labute approximate surface area is 166 Å². The van der Waals surface area contributed by atoms with Crippen molar-refractivity contribution in [3.63, 3.8) is 0 Å². The maximum atomic E-state index is 12.4. The summed E-state index contributed by atoms with van der Waals surface area (Å²) in [4.78, 5) is 26.4. The summed E-state index contributed by atoms with van der Waals surface area (Å²) in [5, 5.41) is 3.28. The minimum absolute atomic E-state index is 0.0965. The maximum absolute atomic E-state index is 12.4. The fourth-order valence-corrected chi connectivity index (χ4v) is 2.95. The lowest BCUT2D eigenvalue weighted by atomic mass is 10.3. The van der Waals surface area contributed by atoms with E-state index in [0.717, 1.165) is 16.7 Å². The van der Waals surface area contributed by atoms with Crippen molar-refractivity contribution in [3.05, 3.63) is 52.5 Å². The number of ether oxygens (including phenoxy) is 1. The van der Waals surface area contributed by atoms with E-state index in [-0.39, 0.29) is 16.2 Å². The molecule has 2 aromatic rings. The number of rotatable bonds is 5. The van der Waals surface area contributed by atoms with Crippen LogP contribution in [0.5, 0.6) is 5.75 Å². The van der Waals surface area contributed by atoms with Gasteiger partial charge in [-0.1, -0.05) is 35.3 Å². The molecule has 2 aromatic carbocycles. The van der Waals surface area contributed by atoms with Crippen LogP contribution in [0, 0.1) is 0 Å². The van der Waals surface area contributed by atoms with Gasteiger partial charge in [0.1, 0.15) is 10.8 Å². The molecule has 5 nitrogen and oxygen atoms in total. The van der Waals surface area contributed by atoms with E-state index < -0.39 is 6.10 Å². The maximum Gasteiger partial charge on any atom is 0.285 e. The quantitative estimate of drug-likeness (QED) is 0.687. The molecule has 0 fully saturated rings. The molecule has 0 aliphatic rings. The van der Waals surface area contributed by atoms with Crippen LogP contribution < -0.4 is 10.1 Å². The molecule has 1 atom stereocenters. The summed E-state index contributed by atoms with van der Waals surface area (Å²) in [6.07, 6.45) is -0.786. The molecule has 0 bridgehead atoms. The van der Waals surface area contributed by atoms with E-state index >= 15 is 0 Å². The van der Waals surface area contributed by atoms with E-state index in [1.807, 2.05) is 0 Å². The highest BCUT2D eigenvalue weighted by molar-refractivity contribution is 8.13. The van der Waals surface area contributed by atoms with Gasteiger partial charge in [-0.05, 0) is 49.0 Å². The van der Waals surface area contributed by atoms with Gasteiger partial charge in [-0.25, -0.2) is 0 Å². The van der Waals surface area contributed by atoms with Gasteiger partial charge in [0.05, 0.1) is 5.02 Å². The normalized spacial score (nSPS) is 11.6. The first-order chi connectivity index (χ1) is 12.3. The minimum Gasteiger partial charge on any atom is -0.479 e. The zero-order valence-electron chi connectivity index (χ0n) is 14.5. The summed E-state index contributed by atoms with van der Waals surface area (Å²) in [7, 11) is 3.36. The molecule has 0 aliphatic carbocycles. The number of carbonyl (C=O) groups is 2. The second kappa shape index (κ2) is 9.16. The molecule has 0 spiro atoms. The molecule has 26 heavy (non-hydrogen) atoms. The molecular weight excluding hydrogens is 395 g/mol. The van der Waals surface area contributed by atoms with Gasteiger partial charge in [-0.15, -0.1) is 0 Å². The number of anilines is 1. The molecule has 1 unspecified atom stereocenters. The minimum atomic E-state index is -0.786. The van der Waals surface area contributed by atoms with Crippen LogP contribution in [0.4, 0.5) is 10.5 Å².